The number of unbranched alkanes of at least 4 members (excludes halogenated alkanes) is 9. The molecule has 1 rings (SSSR count). The molecule has 8 nitrogen and oxygen atoms in total. The van der Waals surface area contributed by atoms with Gasteiger partial charge in [-0.1, -0.05) is 84.5 Å². The Morgan fingerprint density at radius 1 is 0.706 bits per heavy atom. The molecule has 1 aromatic carbocycles. The van der Waals surface area contributed by atoms with Crippen LogP contribution in [0.2, 0.25) is 0 Å². The third kappa shape index (κ3) is 20.8. The van der Waals surface area contributed by atoms with Crippen LogP contribution in [-0.4, -0.2) is 25.9 Å². The summed E-state index contributed by atoms with van der Waals surface area (Å²) in [6, 6.07) is 3.51. The molecule has 0 spiro atoms. The molecule has 1 atom stereocenters. The number of aryl methyl sites for hydroxylation is 1. The molecule has 1 aromatic rings. The second-order valence-electron chi connectivity index (χ2n) is 8.38. The van der Waals surface area contributed by atoms with Gasteiger partial charge in [-0.05, 0) is 36.5 Å². The van der Waals surface area contributed by atoms with Crippen molar-refractivity contribution in [2.75, 3.05) is 0 Å². The van der Waals surface area contributed by atoms with Crippen LogP contribution in [0, 0.1) is 5.92 Å². The quantitative estimate of drug-likeness (QED) is 0.103. The van der Waals surface area contributed by atoms with Crippen LogP contribution in [0.25, 0.3) is 0 Å². The van der Waals surface area contributed by atoms with Crippen LogP contribution in [-0.2, 0) is 27.2 Å². The van der Waals surface area contributed by atoms with Gasteiger partial charge in [0, 0.05) is 6.07 Å². The zero-order chi connectivity index (χ0) is 24.0. The van der Waals surface area contributed by atoms with Gasteiger partial charge in [0.15, 0.2) is 0 Å². The fourth-order valence-corrected chi connectivity index (χ4v) is 4.21. The molecule has 1 unspecified atom stereocenters. The number of hydrogen-bond acceptors (Lipinski definition) is 8. The average molecular weight is 539 g/mol. The zero-order valence-corrected chi connectivity index (χ0v) is 26.7. The molecule has 0 aromatic heterocycles. The van der Waals surface area contributed by atoms with Crippen molar-refractivity contribution >= 4 is 20.8 Å². The summed E-state index contributed by atoms with van der Waals surface area (Å²) in [5.74, 6) is 0.0594. The first-order valence-electron chi connectivity index (χ1n) is 11.4. The minimum atomic E-state index is -5.04. The van der Waals surface area contributed by atoms with Crippen LogP contribution < -0.4 is 67.5 Å². The maximum absolute atomic E-state index is 10.8. The van der Waals surface area contributed by atoms with Gasteiger partial charge in [-0.3, -0.25) is 0 Å². The average Bonchev–Trinajstić information content (AvgIpc) is 2.65. The molecule has 0 amide bonds. The standard InChI is InChI=1S/C22H38O8S2.2Na/c1-3-19(2)14-12-10-8-6-4-5-7-9-11-13-15-20-16-21(29-31(23,24)25)18-22(17-20)30-32(26,27)28;;/h16-19H,3-15H2,1-2H3,(H,23,24,25)(H,26,27,28);;/q;2*+1/p-2. The summed E-state index contributed by atoms with van der Waals surface area (Å²) in [6.07, 6.45) is 14.7. The van der Waals surface area contributed by atoms with Crippen LogP contribution in [0.5, 0.6) is 11.5 Å². The zero-order valence-electron chi connectivity index (χ0n) is 21.1. The molecule has 0 N–H and O–H groups in total. The van der Waals surface area contributed by atoms with Crippen LogP contribution in [0.1, 0.15) is 96.5 Å². The third-order valence-corrected chi connectivity index (χ3v) is 6.24. The summed E-state index contributed by atoms with van der Waals surface area (Å²) >= 11 is 0. The molecule has 0 saturated carbocycles. The van der Waals surface area contributed by atoms with E-state index in [0.717, 1.165) is 37.7 Å². The third-order valence-electron chi connectivity index (χ3n) is 5.45. The van der Waals surface area contributed by atoms with Crippen molar-refractivity contribution in [3.05, 3.63) is 23.8 Å². The molecule has 0 aliphatic carbocycles. The Morgan fingerprint density at radius 3 is 1.47 bits per heavy atom. The molecule has 34 heavy (non-hydrogen) atoms. The summed E-state index contributed by atoms with van der Waals surface area (Å²) in [4.78, 5) is 0. The van der Waals surface area contributed by atoms with Crippen molar-refractivity contribution in [1.29, 1.82) is 0 Å². The molecule has 0 aliphatic heterocycles. The summed E-state index contributed by atoms with van der Waals surface area (Å²) in [7, 11) is -10.1. The summed E-state index contributed by atoms with van der Waals surface area (Å²) < 4.78 is 73.4. The second kappa shape index (κ2) is 19.7. The van der Waals surface area contributed by atoms with E-state index < -0.39 is 20.8 Å². The molecule has 0 aliphatic rings. The number of hydrogen-bond donors (Lipinski definition) is 0. The minimum absolute atomic E-state index is 0. The van der Waals surface area contributed by atoms with Crippen molar-refractivity contribution in [3.8, 4) is 11.5 Å². The Labute approximate surface area is 250 Å². The van der Waals surface area contributed by atoms with Crippen LogP contribution in [0.4, 0.5) is 0 Å². The smallest absolute Gasteiger partial charge is 0.716 e. The molecule has 0 fully saturated rings. The molecule has 12 heteroatoms. The van der Waals surface area contributed by atoms with Gasteiger partial charge < -0.3 is 17.5 Å². The Kier molecular flexibility index (Phi) is 21.3. The maximum Gasteiger partial charge on any atom is 1.00 e. The first-order valence-corrected chi connectivity index (χ1v) is 14.1. The molecule has 0 heterocycles. The maximum atomic E-state index is 10.8. The Morgan fingerprint density at radius 2 is 1.09 bits per heavy atom. The predicted molar refractivity (Wildman–Crippen MR) is 121 cm³/mol. The van der Waals surface area contributed by atoms with Gasteiger partial charge in [-0.15, -0.1) is 0 Å². The topological polar surface area (TPSA) is 133 Å². The van der Waals surface area contributed by atoms with Crippen molar-refractivity contribution in [2.45, 2.75) is 97.3 Å². The van der Waals surface area contributed by atoms with Gasteiger partial charge >= 0.3 is 59.1 Å². The summed E-state index contributed by atoms with van der Waals surface area (Å²) in [5, 5.41) is 0. The summed E-state index contributed by atoms with van der Waals surface area (Å²) in [5.41, 5.74) is 0.516. The fraction of sp³-hybridized carbons (Fsp3) is 0.727. The van der Waals surface area contributed by atoms with Crippen molar-refractivity contribution in [1.82, 2.24) is 0 Å². The molecule has 0 saturated heterocycles. The van der Waals surface area contributed by atoms with Gasteiger partial charge in [0.1, 0.15) is 11.5 Å². The van der Waals surface area contributed by atoms with E-state index >= 15 is 0 Å². The second-order valence-corrected chi connectivity index (χ2v) is 10.3. The molecule has 186 valence electrons. The van der Waals surface area contributed by atoms with E-state index in [-0.39, 0.29) is 70.6 Å². The van der Waals surface area contributed by atoms with Crippen LogP contribution in [0.3, 0.4) is 0 Å². The van der Waals surface area contributed by atoms with Crippen LogP contribution in [0.15, 0.2) is 18.2 Å². The van der Waals surface area contributed by atoms with Crippen molar-refractivity contribution in [3.63, 3.8) is 0 Å². The Bertz CT molecular complexity index is 825. The Hall–Kier alpha value is 0.640. The molecule has 0 radical (unpaired) electrons. The predicted octanol–water partition coefficient (Wildman–Crippen LogP) is -0.748. The molecular formula is C22H36Na2O8S2. The van der Waals surface area contributed by atoms with E-state index in [2.05, 4.69) is 22.2 Å². The van der Waals surface area contributed by atoms with Gasteiger partial charge in [0.25, 0.3) is 20.8 Å². The van der Waals surface area contributed by atoms with E-state index in [4.69, 9.17) is 0 Å². The van der Waals surface area contributed by atoms with Crippen LogP contribution >= 0.6 is 0 Å². The minimum Gasteiger partial charge on any atom is -0.716 e. The SMILES string of the molecule is CCC(C)CCCCCCCCCCCCc1cc(OS(=O)(=O)[O-])cc(OS(=O)(=O)[O-])c1.[Na+].[Na+]. The fourth-order valence-electron chi connectivity index (χ4n) is 3.55. The molecular weight excluding hydrogens is 502 g/mol. The van der Waals surface area contributed by atoms with E-state index in [1.54, 1.807) is 0 Å². The van der Waals surface area contributed by atoms with Gasteiger partial charge in [-0.2, -0.15) is 0 Å². The Balaban J connectivity index is 0. The van der Waals surface area contributed by atoms with E-state index in [1.165, 1.54) is 63.5 Å². The largest absolute Gasteiger partial charge is 1.00 e. The van der Waals surface area contributed by atoms with Crippen molar-refractivity contribution in [2.24, 2.45) is 5.92 Å². The van der Waals surface area contributed by atoms with Crippen molar-refractivity contribution < 1.29 is 93.4 Å². The van der Waals surface area contributed by atoms with E-state index in [0.29, 0.717) is 12.0 Å². The first-order chi connectivity index (χ1) is 15.0. The molecule has 0 bridgehead atoms. The number of benzene rings is 1. The van der Waals surface area contributed by atoms with E-state index in [9.17, 15) is 25.9 Å². The normalized spacial score (nSPS) is 12.4. The van der Waals surface area contributed by atoms with Gasteiger partial charge in [0.05, 0.1) is 0 Å². The van der Waals surface area contributed by atoms with E-state index in [1.807, 2.05) is 0 Å². The van der Waals surface area contributed by atoms with Gasteiger partial charge in [0.2, 0.25) is 0 Å². The summed E-state index contributed by atoms with van der Waals surface area (Å²) in [6.45, 7) is 4.55. The number of rotatable bonds is 18. The first kappa shape index (κ1) is 36.8. The monoisotopic (exact) mass is 538 g/mol. The van der Waals surface area contributed by atoms with Gasteiger partial charge in [-0.25, -0.2) is 16.8 Å².